The third kappa shape index (κ3) is 7.63. The molecule has 3 fully saturated rings. The lowest BCUT2D eigenvalue weighted by atomic mass is 9.96. The molecule has 22 nitrogen and oxygen atoms in total. The van der Waals surface area contributed by atoms with E-state index in [1.54, 1.807) is 0 Å². The fourth-order valence-corrected chi connectivity index (χ4v) is 6.49. The topological polar surface area (TPSA) is 369 Å². The molecule has 0 bridgehead atoms. The predicted molar refractivity (Wildman–Crippen MR) is 174 cm³/mol. The number of hydrogen-bond acceptors (Lipinski definition) is 22. The van der Waals surface area contributed by atoms with Gasteiger partial charge in [-0.1, -0.05) is 0 Å². The van der Waals surface area contributed by atoms with Crippen molar-refractivity contribution in [1.29, 1.82) is 0 Å². The van der Waals surface area contributed by atoms with Gasteiger partial charge < -0.3 is 104 Å². The fourth-order valence-electron chi connectivity index (χ4n) is 6.49. The monoisotopic (exact) mass is 788 g/mol. The first-order valence-electron chi connectivity index (χ1n) is 16.7. The van der Waals surface area contributed by atoms with Crippen LogP contribution in [0.3, 0.4) is 0 Å². The minimum atomic E-state index is -2.14. The number of phenolic OH excluding ortho intramolecular Hbond substituents is 4. The first-order valence-corrected chi connectivity index (χ1v) is 16.7. The van der Waals surface area contributed by atoms with E-state index in [1.165, 1.54) is 6.07 Å². The molecule has 15 atom stereocenters. The van der Waals surface area contributed by atoms with Crippen LogP contribution in [-0.4, -0.2) is 183 Å². The first kappa shape index (κ1) is 40.7. The molecule has 3 aromatic rings. The van der Waals surface area contributed by atoms with Crippen molar-refractivity contribution in [2.75, 3.05) is 19.8 Å². The molecular formula is C33H40O22. The Kier molecular flexibility index (Phi) is 12.0. The van der Waals surface area contributed by atoms with E-state index in [0.717, 1.165) is 24.3 Å². The van der Waals surface area contributed by atoms with Crippen LogP contribution in [0.2, 0.25) is 0 Å². The molecule has 3 aliphatic rings. The van der Waals surface area contributed by atoms with E-state index in [0.29, 0.717) is 0 Å². The van der Waals surface area contributed by atoms with Gasteiger partial charge in [0, 0.05) is 17.7 Å². The molecule has 2 aromatic carbocycles. The molecule has 304 valence electrons. The molecule has 0 aliphatic carbocycles. The van der Waals surface area contributed by atoms with E-state index in [-0.39, 0.29) is 11.1 Å². The van der Waals surface area contributed by atoms with E-state index in [9.17, 15) is 76.3 Å². The lowest BCUT2D eigenvalue weighted by Crippen LogP contribution is -2.66. The number of benzene rings is 2. The quantitative estimate of drug-likeness (QED) is 0.0856. The van der Waals surface area contributed by atoms with Crippen LogP contribution >= 0.6 is 0 Å². The van der Waals surface area contributed by atoms with Crippen molar-refractivity contribution in [1.82, 2.24) is 0 Å². The van der Waals surface area contributed by atoms with Crippen molar-refractivity contribution in [2.45, 2.75) is 92.1 Å². The Morgan fingerprint density at radius 2 is 1.09 bits per heavy atom. The average Bonchev–Trinajstić information content (AvgIpc) is 3.15. The van der Waals surface area contributed by atoms with Gasteiger partial charge >= 0.3 is 0 Å². The highest BCUT2D eigenvalue weighted by Gasteiger charge is 2.54. The van der Waals surface area contributed by atoms with Gasteiger partial charge in [0.05, 0.1) is 19.8 Å². The Labute approximate surface area is 307 Å². The van der Waals surface area contributed by atoms with Crippen molar-refractivity contribution in [3.05, 3.63) is 40.6 Å². The Hall–Kier alpha value is -3.95. The van der Waals surface area contributed by atoms with Crippen molar-refractivity contribution in [2.24, 2.45) is 0 Å². The summed E-state index contributed by atoms with van der Waals surface area (Å²) in [6.07, 6.45) is -27.7. The largest absolute Gasteiger partial charge is 0.508 e. The molecule has 0 radical (unpaired) electrons. The van der Waals surface area contributed by atoms with E-state index < -0.39 is 157 Å². The molecule has 0 spiro atoms. The third-order valence-corrected chi connectivity index (χ3v) is 9.46. The minimum absolute atomic E-state index is 0.0906. The molecule has 14 N–H and O–H groups in total. The van der Waals surface area contributed by atoms with Crippen molar-refractivity contribution in [3.63, 3.8) is 0 Å². The first-order chi connectivity index (χ1) is 26.1. The second-order valence-electron chi connectivity index (χ2n) is 13.1. The summed E-state index contributed by atoms with van der Waals surface area (Å²) in [6, 6.07) is 5.05. The zero-order valence-electron chi connectivity index (χ0n) is 28.2. The molecule has 0 unspecified atom stereocenters. The van der Waals surface area contributed by atoms with Gasteiger partial charge in [-0.15, -0.1) is 0 Å². The van der Waals surface area contributed by atoms with Gasteiger partial charge in [-0.2, -0.15) is 0 Å². The number of aromatic hydroxyl groups is 4. The molecule has 0 amide bonds. The highest BCUT2D eigenvalue weighted by Crippen LogP contribution is 2.40. The Balaban J connectivity index is 1.23. The highest BCUT2D eigenvalue weighted by molar-refractivity contribution is 5.88. The molecule has 1 aromatic heterocycles. The molecule has 3 aliphatic heterocycles. The van der Waals surface area contributed by atoms with Crippen molar-refractivity contribution < 1.29 is 104 Å². The molecule has 6 rings (SSSR count). The van der Waals surface area contributed by atoms with Crippen LogP contribution in [0.25, 0.3) is 22.3 Å². The van der Waals surface area contributed by atoms with Gasteiger partial charge in [-0.05, 0) is 18.2 Å². The van der Waals surface area contributed by atoms with E-state index >= 15 is 0 Å². The lowest BCUT2D eigenvalue weighted by molar-refractivity contribution is -0.376. The summed E-state index contributed by atoms with van der Waals surface area (Å²) >= 11 is 0. The summed E-state index contributed by atoms with van der Waals surface area (Å²) in [6.45, 7) is -2.71. The summed E-state index contributed by atoms with van der Waals surface area (Å²) in [7, 11) is 0. The zero-order valence-corrected chi connectivity index (χ0v) is 28.2. The van der Waals surface area contributed by atoms with Crippen molar-refractivity contribution >= 4 is 11.0 Å². The van der Waals surface area contributed by atoms with Crippen molar-refractivity contribution in [3.8, 4) is 40.1 Å². The van der Waals surface area contributed by atoms with Crippen LogP contribution in [-0.2, 0) is 23.7 Å². The van der Waals surface area contributed by atoms with Crippen LogP contribution in [0, 0.1) is 0 Å². The van der Waals surface area contributed by atoms with Gasteiger partial charge in [0.15, 0.2) is 29.8 Å². The van der Waals surface area contributed by atoms with Crippen LogP contribution in [0.5, 0.6) is 28.7 Å². The summed E-state index contributed by atoms with van der Waals surface area (Å²) in [4.78, 5) is 13.7. The zero-order chi connectivity index (χ0) is 40.0. The van der Waals surface area contributed by atoms with Gasteiger partial charge in [-0.3, -0.25) is 4.79 Å². The smallest absolute Gasteiger partial charge is 0.239 e. The van der Waals surface area contributed by atoms with E-state index in [4.69, 9.17) is 32.8 Å². The van der Waals surface area contributed by atoms with Crippen LogP contribution in [0.15, 0.2) is 39.5 Å². The fraction of sp³-hybridized carbons (Fsp3) is 0.545. The molecule has 55 heavy (non-hydrogen) atoms. The maximum Gasteiger partial charge on any atom is 0.239 e. The van der Waals surface area contributed by atoms with Gasteiger partial charge in [0.25, 0.3) is 0 Å². The second-order valence-corrected chi connectivity index (χ2v) is 13.1. The summed E-state index contributed by atoms with van der Waals surface area (Å²) < 4.78 is 39.1. The second kappa shape index (κ2) is 16.3. The normalized spacial score (nSPS) is 36.9. The molecule has 22 heteroatoms. The van der Waals surface area contributed by atoms with E-state index in [2.05, 4.69) is 0 Å². The number of ether oxygens (including phenoxy) is 6. The number of aliphatic hydroxyl groups excluding tert-OH is 10. The number of rotatable bonds is 10. The van der Waals surface area contributed by atoms with E-state index in [1.807, 2.05) is 0 Å². The van der Waals surface area contributed by atoms with Gasteiger partial charge in [0.2, 0.25) is 17.5 Å². The Morgan fingerprint density at radius 1 is 0.564 bits per heavy atom. The summed E-state index contributed by atoms with van der Waals surface area (Å²) in [5.41, 5.74) is -1.53. The average molecular weight is 789 g/mol. The molecular weight excluding hydrogens is 748 g/mol. The lowest BCUT2D eigenvalue weighted by Gasteiger charge is -2.48. The van der Waals surface area contributed by atoms with Gasteiger partial charge in [-0.25, -0.2) is 0 Å². The Bertz CT molecular complexity index is 1870. The third-order valence-electron chi connectivity index (χ3n) is 9.46. The SMILES string of the molecule is O=c1c(O[C@@H]2O[C@H](CO)[C@@H](O[C@@H]3O[C@H](CO)[C@@H](O[C@@H]4O[C@H](CO)[C@@H](O)[C@H](O)[C@H]4O)[C@H](O)[C@H]3O)[C@H](O)[C@H]2O)c(-c2ccc(O)c(O)c2)oc2cc(O)cc(O)c12. The van der Waals surface area contributed by atoms with Crippen LogP contribution in [0.4, 0.5) is 0 Å². The summed E-state index contributed by atoms with van der Waals surface area (Å²) in [5, 5.41) is 144. The number of phenols is 4. The highest BCUT2D eigenvalue weighted by atomic mass is 16.8. The maximum absolute atomic E-state index is 13.7. The maximum atomic E-state index is 13.7. The molecule has 0 saturated carbocycles. The van der Waals surface area contributed by atoms with Crippen LogP contribution in [0.1, 0.15) is 0 Å². The number of aliphatic hydroxyl groups is 10. The molecule has 4 heterocycles. The number of fused-ring (bicyclic) bond motifs is 1. The summed E-state index contributed by atoms with van der Waals surface area (Å²) in [5.74, 6) is -3.66. The van der Waals surface area contributed by atoms with Crippen LogP contribution < -0.4 is 10.2 Å². The Morgan fingerprint density at radius 3 is 1.65 bits per heavy atom. The number of hydrogen-bond donors (Lipinski definition) is 14. The molecule has 3 saturated heterocycles. The van der Waals surface area contributed by atoms with Gasteiger partial charge in [0.1, 0.15) is 95.7 Å². The minimum Gasteiger partial charge on any atom is -0.508 e. The predicted octanol–water partition coefficient (Wildman–Crippen LogP) is -4.89. The standard InChI is InChI=1S/C33H40O22/c34-6-15-19(41)21(43)24(46)31(50-15)53-28-16(7-35)51-32(25(47)22(28)44)54-29-17(8-36)52-33(26(48)23(29)45)55-30-20(42)18-13(40)4-10(37)5-14(18)49-27(30)9-1-2-11(38)12(39)3-9/h1-5,15-17,19,21-26,28-29,31-41,43-48H,6-8H2/t15-,16-,17-,19-,21+,22-,23-,24-,25-,26-,28-,29-,31+,32+,33+/m1/s1.